The molecule has 0 bridgehead atoms. The van der Waals surface area contributed by atoms with E-state index in [1.165, 1.54) is 17.0 Å². The molecule has 0 aliphatic carbocycles. The molecule has 0 saturated heterocycles. The van der Waals surface area contributed by atoms with E-state index < -0.39 is 0 Å². The smallest absolute Gasteiger partial charge is 0.225 e. The average molecular weight is 353 g/mol. The lowest BCUT2D eigenvalue weighted by molar-refractivity contribution is -0.116. The van der Waals surface area contributed by atoms with Gasteiger partial charge in [0.2, 0.25) is 5.91 Å². The van der Waals surface area contributed by atoms with Crippen LogP contribution in [-0.4, -0.2) is 5.91 Å². The standard InChI is InChI=1S/C20H16FNO2S/c21-15-5-1-3-13(9-15)12-24-16-6-2-4-14(10-16)17-11-19(23)22-18-7-8-25-20(17)18/h1-10,17H,11-12H2,(H,22,23). The molecule has 1 atom stereocenters. The number of thiophene rings is 1. The molecule has 1 aliphatic rings. The van der Waals surface area contributed by atoms with Gasteiger partial charge >= 0.3 is 0 Å². The maximum absolute atomic E-state index is 13.3. The van der Waals surface area contributed by atoms with Crippen molar-refractivity contribution in [2.24, 2.45) is 0 Å². The summed E-state index contributed by atoms with van der Waals surface area (Å²) in [5.74, 6) is 0.516. The first-order valence-electron chi connectivity index (χ1n) is 8.03. The van der Waals surface area contributed by atoms with Gasteiger partial charge < -0.3 is 10.1 Å². The van der Waals surface area contributed by atoms with E-state index in [9.17, 15) is 9.18 Å². The lowest BCUT2D eigenvalue weighted by Crippen LogP contribution is -2.21. The van der Waals surface area contributed by atoms with Crippen LogP contribution in [0.2, 0.25) is 0 Å². The monoisotopic (exact) mass is 353 g/mol. The van der Waals surface area contributed by atoms with Gasteiger partial charge in [0.15, 0.2) is 0 Å². The van der Waals surface area contributed by atoms with Gasteiger partial charge in [0.1, 0.15) is 18.2 Å². The predicted octanol–water partition coefficient (Wildman–Crippen LogP) is 4.94. The number of carbonyl (C=O) groups excluding carboxylic acids is 1. The van der Waals surface area contributed by atoms with Crippen LogP contribution in [0.4, 0.5) is 10.1 Å². The number of hydrogen-bond donors (Lipinski definition) is 1. The normalized spacial score (nSPS) is 16.2. The van der Waals surface area contributed by atoms with E-state index in [4.69, 9.17) is 4.74 Å². The molecule has 3 nitrogen and oxygen atoms in total. The molecule has 3 aromatic rings. The van der Waals surface area contributed by atoms with Crippen molar-refractivity contribution in [3.63, 3.8) is 0 Å². The molecule has 5 heteroatoms. The number of carbonyl (C=O) groups is 1. The van der Waals surface area contributed by atoms with Gasteiger partial charge in [-0.3, -0.25) is 4.79 Å². The zero-order chi connectivity index (χ0) is 17.2. The summed E-state index contributed by atoms with van der Waals surface area (Å²) in [6.45, 7) is 0.302. The van der Waals surface area contributed by atoms with Gasteiger partial charge in [0.05, 0.1) is 5.69 Å². The third kappa shape index (κ3) is 3.42. The van der Waals surface area contributed by atoms with Crippen LogP contribution in [0.15, 0.2) is 60.0 Å². The first-order chi connectivity index (χ1) is 12.2. The number of fused-ring (bicyclic) bond motifs is 1. The summed E-state index contributed by atoms with van der Waals surface area (Å²) in [6.07, 6.45) is 0.431. The number of amides is 1. The molecule has 25 heavy (non-hydrogen) atoms. The molecule has 1 aromatic heterocycles. The Bertz CT molecular complexity index is 921. The second kappa shape index (κ2) is 6.69. The molecule has 1 N–H and O–H groups in total. The molecule has 0 saturated carbocycles. The van der Waals surface area contributed by atoms with Crippen molar-refractivity contribution in [3.05, 3.63) is 81.8 Å². The summed E-state index contributed by atoms with van der Waals surface area (Å²) in [5.41, 5.74) is 2.73. The predicted molar refractivity (Wildman–Crippen MR) is 96.6 cm³/mol. The topological polar surface area (TPSA) is 38.3 Å². The minimum absolute atomic E-state index is 0.0296. The van der Waals surface area contributed by atoms with Crippen molar-refractivity contribution < 1.29 is 13.9 Å². The zero-order valence-electron chi connectivity index (χ0n) is 13.4. The van der Waals surface area contributed by atoms with Crippen molar-refractivity contribution in [3.8, 4) is 5.75 Å². The molecular formula is C20H16FNO2S. The maximum atomic E-state index is 13.3. The lowest BCUT2D eigenvalue weighted by Gasteiger charge is -2.23. The number of benzene rings is 2. The van der Waals surface area contributed by atoms with Crippen LogP contribution in [0, 0.1) is 5.82 Å². The summed E-state index contributed by atoms with van der Waals surface area (Å²) in [6, 6.07) is 16.1. The quantitative estimate of drug-likeness (QED) is 0.721. The number of ether oxygens (including phenoxy) is 1. The van der Waals surface area contributed by atoms with Gasteiger partial charge in [0, 0.05) is 17.2 Å². The average Bonchev–Trinajstić information content (AvgIpc) is 3.08. The fourth-order valence-electron chi connectivity index (χ4n) is 3.06. The van der Waals surface area contributed by atoms with Gasteiger partial charge in [-0.1, -0.05) is 24.3 Å². The Labute approximate surface area is 149 Å². The van der Waals surface area contributed by atoms with E-state index in [0.717, 1.165) is 16.8 Å². The van der Waals surface area contributed by atoms with Gasteiger partial charge in [-0.2, -0.15) is 0 Å². The molecule has 2 aromatic carbocycles. The Hall–Kier alpha value is -2.66. The van der Waals surface area contributed by atoms with Crippen LogP contribution < -0.4 is 10.1 Å². The summed E-state index contributed by atoms with van der Waals surface area (Å²) in [5, 5.41) is 4.90. The van der Waals surface area contributed by atoms with Gasteiger partial charge in [-0.15, -0.1) is 11.3 Å². The van der Waals surface area contributed by atoms with E-state index in [1.807, 2.05) is 41.8 Å². The highest BCUT2D eigenvalue weighted by Crippen LogP contribution is 2.41. The highest BCUT2D eigenvalue weighted by Gasteiger charge is 2.27. The SMILES string of the molecule is O=C1CC(c2cccc(OCc3cccc(F)c3)c2)c2sccc2N1. The van der Waals surface area contributed by atoms with E-state index in [1.54, 1.807) is 17.4 Å². The van der Waals surface area contributed by atoms with Crippen molar-refractivity contribution in [1.29, 1.82) is 0 Å². The minimum atomic E-state index is -0.270. The van der Waals surface area contributed by atoms with Crippen molar-refractivity contribution >= 4 is 22.9 Å². The third-order valence-electron chi connectivity index (χ3n) is 4.23. The summed E-state index contributed by atoms with van der Waals surface area (Å²) < 4.78 is 19.1. The Morgan fingerprint density at radius 3 is 2.92 bits per heavy atom. The van der Waals surface area contributed by atoms with Gasteiger partial charge in [0.25, 0.3) is 0 Å². The molecule has 2 heterocycles. The summed E-state index contributed by atoms with van der Waals surface area (Å²) in [4.78, 5) is 13.1. The fraction of sp³-hybridized carbons (Fsp3) is 0.150. The van der Waals surface area contributed by atoms with Crippen LogP contribution in [0.5, 0.6) is 5.75 Å². The zero-order valence-corrected chi connectivity index (χ0v) is 14.2. The van der Waals surface area contributed by atoms with E-state index in [-0.39, 0.29) is 17.6 Å². The van der Waals surface area contributed by atoms with Crippen LogP contribution in [0.1, 0.15) is 28.3 Å². The summed E-state index contributed by atoms with van der Waals surface area (Å²) in [7, 11) is 0. The second-order valence-corrected chi connectivity index (χ2v) is 6.94. The largest absolute Gasteiger partial charge is 0.489 e. The molecule has 1 unspecified atom stereocenters. The van der Waals surface area contributed by atoms with E-state index in [2.05, 4.69) is 5.32 Å². The second-order valence-electron chi connectivity index (χ2n) is 5.99. The first kappa shape index (κ1) is 15.8. The van der Waals surface area contributed by atoms with Crippen LogP contribution >= 0.6 is 11.3 Å². The highest BCUT2D eigenvalue weighted by molar-refractivity contribution is 7.10. The molecule has 4 rings (SSSR count). The Morgan fingerprint density at radius 2 is 2.04 bits per heavy atom. The molecule has 0 spiro atoms. The van der Waals surface area contributed by atoms with Crippen molar-refractivity contribution in [1.82, 2.24) is 0 Å². The molecule has 0 fully saturated rings. The number of rotatable bonds is 4. The highest BCUT2D eigenvalue weighted by atomic mass is 32.1. The van der Waals surface area contributed by atoms with Crippen LogP contribution in [0.3, 0.4) is 0 Å². The number of hydrogen-bond acceptors (Lipinski definition) is 3. The van der Waals surface area contributed by atoms with Crippen LogP contribution in [0.25, 0.3) is 0 Å². The Balaban J connectivity index is 1.55. The molecule has 0 radical (unpaired) electrons. The van der Waals surface area contributed by atoms with E-state index in [0.29, 0.717) is 18.8 Å². The van der Waals surface area contributed by atoms with Crippen molar-refractivity contribution in [2.45, 2.75) is 18.9 Å². The summed E-state index contributed by atoms with van der Waals surface area (Å²) >= 11 is 1.65. The molecule has 1 amide bonds. The Morgan fingerprint density at radius 1 is 1.16 bits per heavy atom. The number of halogens is 1. The maximum Gasteiger partial charge on any atom is 0.225 e. The lowest BCUT2D eigenvalue weighted by atomic mass is 9.90. The molecular weight excluding hydrogens is 337 g/mol. The third-order valence-corrected chi connectivity index (χ3v) is 5.26. The molecule has 126 valence electrons. The number of anilines is 1. The van der Waals surface area contributed by atoms with Crippen molar-refractivity contribution in [2.75, 3.05) is 5.32 Å². The number of nitrogens with one attached hydrogen (secondary N) is 1. The molecule has 1 aliphatic heterocycles. The Kier molecular flexibility index (Phi) is 4.24. The van der Waals surface area contributed by atoms with Gasteiger partial charge in [-0.05, 0) is 46.8 Å². The first-order valence-corrected chi connectivity index (χ1v) is 8.91. The van der Waals surface area contributed by atoms with Crippen LogP contribution in [-0.2, 0) is 11.4 Å². The minimum Gasteiger partial charge on any atom is -0.489 e. The fourth-order valence-corrected chi connectivity index (χ4v) is 4.04. The van der Waals surface area contributed by atoms with Gasteiger partial charge in [-0.25, -0.2) is 4.39 Å². The van der Waals surface area contributed by atoms with E-state index >= 15 is 0 Å².